The van der Waals surface area contributed by atoms with Crippen LogP contribution in [0, 0.1) is 5.92 Å². The number of nitrogens with two attached hydrogens (primary N) is 1. The quantitative estimate of drug-likeness (QED) is 0.387. The van der Waals surface area contributed by atoms with Crippen LogP contribution in [0.4, 0.5) is 5.69 Å². The summed E-state index contributed by atoms with van der Waals surface area (Å²) >= 11 is 5.94. The number of hydrogen-bond donors (Lipinski definition) is 3. The van der Waals surface area contributed by atoms with E-state index < -0.39 is 31.1 Å². The maximum Gasteiger partial charge on any atom is 2.00 e. The number of sulfonamides is 2. The molecule has 1 aromatic carbocycles. The number of fused-ring (bicyclic) bond motifs is 1. The van der Waals surface area contributed by atoms with Crippen molar-refractivity contribution in [2.24, 2.45) is 11.1 Å². The van der Waals surface area contributed by atoms with Crippen molar-refractivity contribution in [3.63, 3.8) is 0 Å². The Hall–Kier alpha value is 2.39. The predicted octanol–water partition coefficient (Wildman–Crippen LogP) is -4.33. The first-order valence-electron chi connectivity index (χ1n) is 7.32. The molecule has 0 amide bonds. The first-order chi connectivity index (χ1) is 10.7. The third-order valence-corrected chi connectivity index (χ3v) is 7.19. The number of halogens is 1. The van der Waals surface area contributed by atoms with E-state index in [0.717, 1.165) is 18.9 Å². The summed E-state index contributed by atoms with van der Waals surface area (Å²) in [4.78, 5) is -0.562. The van der Waals surface area contributed by atoms with Crippen molar-refractivity contribution in [3.8, 4) is 0 Å². The summed E-state index contributed by atoms with van der Waals surface area (Å²) in [6, 6.07) is 2.30. The normalized spacial score (nSPS) is 21.4. The van der Waals surface area contributed by atoms with Crippen molar-refractivity contribution in [1.29, 1.82) is 0 Å². The van der Waals surface area contributed by atoms with Gasteiger partial charge in [-0.3, -0.25) is 0 Å². The molecule has 1 saturated carbocycles. The van der Waals surface area contributed by atoms with Gasteiger partial charge in [-0.05, 0) is 24.5 Å². The van der Waals surface area contributed by atoms with Gasteiger partial charge in [-0.2, -0.15) is 4.72 Å². The van der Waals surface area contributed by atoms with Crippen LogP contribution < -0.4 is 74.3 Å². The van der Waals surface area contributed by atoms with Crippen LogP contribution in [0.2, 0.25) is 5.02 Å². The molecule has 1 heterocycles. The second-order valence-corrected chi connectivity index (χ2v) is 9.65. The van der Waals surface area contributed by atoms with Gasteiger partial charge >= 0.3 is 96.9 Å². The number of primary sulfonamides is 1. The molecule has 1 aliphatic carbocycles. The van der Waals surface area contributed by atoms with Gasteiger partial charge in [-0.15, -0.1) is 0 Å². The summed E-state index contributed by atoms with van der Waals surface area (Å²) < 4.78 is 50.4. The Balaban J connectivity index is -0.000000298. The van der Waals surface area contributed by atoms with Gasteiger partial charge in [0.15, 0.2) is 0 Å². The number of nitrogens with one attached hydrogen (secondary N) is 2. The minimum absolute atomic E-state index is 0. The standard InChI is InChI=1S/C13H18ClN3O4S2.Ca.2Na.4H/c14-9-6-10-12(7-11(9)22(15,18)19)23(20,21)17-13(16-10)5-8-3-1-2-4-8;;;;;;;/h6-8,13,16-17H,1-5H2,(H2,15,18,19);;;;;;;/q;+2;2*+1;4*-1. The van der Waals surface area contributed by atoms with E-state index in [1.165, 1.54) is 18.9 Å². The molecule has 7 nitrogen and oxygen atoms in total. The second kappa shape index (κ2) is 11.1. The maximum atomic E-state index is 12.4. The molecule has 26 heavy (non-hydrogen) atoms. The Morgan fingerprint density at radius 2 is 1.81 bits per heavy atom. The zero-order valence-corrected chi connectivity index (χ0v) is 23.6. The van der Waals surface area contributed by atoms with Crippen LogP contribution >= 0.6 is 11.6 Å². The Morgan fingerprint density at radius 3 is 2.35 bits per heavy atom. The molecular formula is C13H22CaClN3Na2O4S2. The molecule has 1 aromatic rings. The Bertz CT molecular complexity index is 866. The first-order valence-corrected chi connectivity index (χ1v) is 10.7. The van der Waals surface area contributed by atoms with Crippen LogP contribution in [0.1, 0.15) is 37.8 Å². The van der Waals surface area contributed by atoms with Gasteiger partial charge in [0, 0.05) is 0 Å². The molecule has 1 aliphatic heterocycles. The molecule has 0 bridgehead atoms. The number of hydrogen-bond acceptors (Lipinski definition) is 5. The van der Waals surface area contributed by atoms with E-state index in [0.29, 0.717) is 18.0 Å². The molecule has 0 spiro atoms. The van der Waals surface area contributed by atoms with E-state index in [1.807, 2.05) is 0 Å². The summed E-state index contributed by atoms with van der Waals surface area (Å²) in [5, 5.41) is 8.05. The first kappa shape index (κ1) is 28.4. The zero-order valence-electron chi connectivity index (χ0n) is 19.0. The molecule has 1 unspecified atom stereocenters. The van der Waals surface area contributed by atoms with Crippen LogP contribution in [0.25, 0.3) is 0 Å². The van der Waals surface area contributed by atoms with Crippen molar-refractivity contribution in [3.05, 3.63) is 17.2 Å². The van der Waals surface area contributed by atoms with Gasteiger partial charge in [0.1, 0.15) is 9.79 Å². The van der Waals surface area contributed by atoms with Crippen molar-refractivity contribution < 1.29 is 81.7 Å². The Kier molecular flexibility index (Phi) is 12.2. The molecule has 4 N–H and O–H groups in total. The van der Waals surface area contributed by atoms with E-state index in [-0.39, 0.29) is 112 Å². The van der Waals surface area contributed by atoms with Crippen LogP contribution in [-0.4, -0.2) is 60.7 Å². The third kappa shape index (κ3) is 6.70. The van der Waals surface area contributed by atoms with E-state index in [9.17, 15) is 16.8 Å². The minimum atomic E-state index is -4.10. The maximum absolute atomic E-state index is 12.4. The molecule has 13 heteroatoms. The predicted molar refractivity (Wildman–Crippen MR) is 97.3 cm³/mol. The average Bonchev–Trinajstić information content (AvgIpc) is 2.88. The average molecular weight is 470 g/mol. The van der Waals surface area contributed by atoms with E-state index in [4.69, 9.17) is 16.7 Å². The van der Waals surface area contributed by atoms with Gasteiger partial charge < -0.3 is 11.0 Å². The zero-order chi connectivity index (χ0) is 16.8. The fourth-order valence-electron chi connectivity index (χ4n) is 3.24. The Morgan fingerprint density at radius 1 is 1.23 bits per heavy atom. The molecule has 0 aromatic heterocycles. The minimum Gasteiger partial charge on any atom is -1.00 e. The largest absolute Gasteiger partial charge is 2.00 e. The van der Waals surface area contributed by atoms with Crippen LogP contribution in [0.5, 0.6) is 0 Å². The molecule has 3 rings (SSSR count). The monoisotopic (exact) mass is 469 g/mol. The number of anilines is 1. The summed E-state index contributed by atoms with van der Waals surface area (Å²) in [5.74, 6) is 0.482. The Labute approximate surface area is 239 Å². The number of rotatable bonds is 3. The summed E-state index contributed by atoms with van der Waals surface area (Å²) in [5.41, 5.74) is 0.296. The van der Waals surface area contributed by atoms with E-state index in [1.54, 1.807) is 0 Å². The van der Waals surface area contributed by atoms with Crippen LogP contribution in [0.15, 0.2) is 21.9 Å². The number of benzene rings is 1. The van der Waals surface area contributed by atoms with Crippen LogP contribution in [0.3, 0.4) is 0 Å². The van der Waals surface area contributed by atoms with Crippen molar-refractivity contribution >= 4 is 75.1 Å². The van der Waals surface area contributed by atoms with Gasteiger partial charge in [0.25, 0.3) is 0 Å². The fraction of sp³-hybridized carbons (Fsp3) is 0.538. The summed E-state index contributed by atoms with van der Waals surface area (Å²) in [6.07, 6.45) is 4.80. The molecule has 0 saturated heterocycles. The van der Waals surface area contributed by atoms with E-state index >= 15 is 0 Å². The summed E-state index contributed by atoms with van der Waals surface area (Å²) in [6.45, 7) is 0. The van der Waals surface area contributed by atoms with Gasteiger partial charge in [0.05, 0.1) is 16.9 Å². The SMILES string of the molecule is NS(=O)(=O)c1cc2c(cc1Cl)NC(CC1CCCC1)NS2(=O)=O.[Ca+2].[H-].[H-].[H-].[H-].[Na+].[Na+]. The topological polar surface area (TPSA) is 118 Å². The molecular weight excluding hydrogens is 448 g/mol. The molecule has 1 fully saturated rings. The van der Waals surface area contributed by atoms with Gasteiger partial charge in [0.2, 0.25) is 20.0 Å². The van der Waals surface area contributed by atoms with Crippen molar-refractivity contribution in [1.82, 2.24) is 4.72 Å². The van der Waals surface area contributed by atoms with E-state index in [2.05, 4.69) is 10.0 Å². The van der Waals surface area contributed by atoms with Gasteiger partial charge in [-0.1, -0.05) is 37.3 Å². The fourth-order valence-corrected chi connectivity index (χ4v) is 5.75. The molecule has 0 radical (unpaired) electrons. The van der Waals surface area contributed by atoms with Crippen molar-refractivity contribution in [2.75, 3.05) is 5.32 Å². The summed E-state index contributed by atoms with van der Waals surface area (Å²) in [7, 11) is -7.92. The molecule has 136 valence electrons. The third-order valence-electron chi connectivity index (χ3n) is 4.30. The van der Waals surface area contributed by atoms with Crippen molar-refractivity contribution in [2.45, 2.75) is 48.1 Å². The van der Waals surface area contributed by atoms with Crippen LogP contribution in [-0.2, 0) is 20.0 Å². The molecule has 2 aliphatic rings. The smallest absolute Gasteiger partial charge is 1.00 e. The second-order valence-electron chi connectivity index (χ2n) is 6.03. The van der Waals surface area contributed by atoms with Gasteiger partial charge in [-0.25, -0.2) is 22.0 Å². The molecule has 1 atom stereocenters.